The van der Waals surface area contributed by atoms with Crippen molar-refractivity contribution < 1.29 is 19.1 Å². The molecule has 134 valence electrons. The van der Waals surface area contributed by atoms with Gasteiger partial charge >= 0.3 is 11.9 Å². The average Bonchev–Trinajstić information content (AvgIpc) is 2.66. The molecule has 5 nitrogen and oxygen atoms in total. The quantitative estimate of drug-likeness (QED) is 0.279. The van der Waals surface area contributed by atoms with Gasteiger partial charge in [0.15, 0.2) is 5.69 Å². The van der Waals surface area contributed by atoms with Gasteiger partial charge in [0.25, 0.3) is 0 Å². The van der Waals surface area contributed by atoms with Crippen LogP contribution in [0.5, 0.6) is 11.5 Å². The van der Waals surface area contributed by atoms with Crippen molar-refractivity contribution in [3.63, 3.8) is 0 Å². The Labute approximate surface area is 153 Å². The van der Waals surface area contributed by atoms with E-state index in [1.165, 1.54) is 0 Å². The minimum Gasteiger partial charge on any atom is -0.427 e. The van der Waals surface area contributed by atoms with Crippen LogP contribution in [0.2, 0.25) is 0 Å². The van der Waals surface area contributed by atoms with Crippen molar-refractivity contribution in [2.45, 2.75) is 39.0 Å². The molecule has 2 aromatic rings. The smallest absolute Gasteiger partial charge is 0.343 e. The Bertz CT molecular complexity index is 773. The van der Waals surface area contributed by atoms with Gasteiger partial charge in [-0.05, 0) is 42.8 Å². The number of unbranched alkanes of at least 4 members (excludes halogenated alkanes) is 3. The third-order valence-corrected chi connectivity index (χ3v) is 3.73. The Hall–Kier alpha value is -3.13. The second kappa shape index (κ2) is 10.00. The lowest BCUT2D eigenvalue weighted by Gasteiger charge is -2.07. The maximum absolute atomic E-state index is 12.1. The van der Waals surface area contributed by atoms with Crippen LogP contribution in [0.3, 0.4) is 0 Å². The van der Waals surface area contributed by atoms with E-state index in [2.05, 4.69) is 11.8 Å². The van der Waals surface area contributed by atoms with Crippen molar-refractivity contribution in [2.24, 2.45) is 0 Å². The lowest BCUT2D eigenvalue weighted by atomic mass is 10.1. The Kier molecular flexibility index (Phi) is 7.38. The van der Waals surface area contributed by atoms with Gasteiger partial charge in [-0.3, -0.25) is 4.79 Å². The molecule has 0 atom stereocenters. The van der Waals surface area contributed by atoms with Crippen LogP contribution in [-0.2, 0) is 4.79 Å². The molecule has 0 N–H and O–H groups in total. The summed E-state index contributed by atoms with van der Waals surface area (Å²) in [6, 6.07) is 12.5. The molecule has 0 aliphatic heterocycles. The topological polar surface area (TPSA) is 57.0 Å². The normalized spacial score (nSPS) is 10.0. The first kappa shape index (κ1) is 19.2. The first-order valence-corrected chi connectivity index (χ1v) is 8.63. The molecule has 0 fully saturated rings. The van der Waals surface area contributed by atoms with E-state index in [9.17, 15) is 9.59 Å². The van der Waals surface area contributed by atoms with Gasteiger partial charge in [0.2, 0.25) is 0 Å². The Morgan fingerprint density at radius 3 is 2.12 bits per heavy atom. The average molecular weight is 351 g/mol. The summed E-state index contributed by atoms with van der Waals surface area (Å²) in [6.07, 6.45) is 4.47. The molecule has 5 heteroatoms. The largest absolute Gasteiger partial charge is 0.427 e. The van der Waals surface area contributed by atoms with Crippen molar-refractivity contribution in [3.05, 3.63) is 65.5 Å². The van der Waals surface area contributed by atoms with Crippen molar-refractivity contribution in [1.82, 2.24) is 0 Å². The molecular formula is C21H21NO4. The van der Waals surface area contributed by atoms with Gasteiger partial charge in [-0.1, -0.05) is 38.3 Å². The molecule has 0 aromatic heterocycles. The molecule has 0 heterocycles. The Morgan fingerprint density at radius 2 is 1.50 bits per heavy atom. The van der Waals surface area contributed by atoms with E-state index >= 15 is 0 Å². The number of rotatable bonds is 8. The monoisotopic (exact) mass is 351 g/mol. The van der Waals surface area contributed by atoms with E-state index in [1.807, 2.05) is 0 Å². The summed E-state index contributed by atoms with van der Waals surface area (Å²) >= 11 is 0. The van der Waals surface area contributed by atoms with Gasteiger partial charge in [-0.2, -0.15) is 0 Å². The molecule has 0 amide bonds. The van der Waals surface area contributed by atoms with Crippen LogP contribution in [0.4, 0.5) is 5.69 Å². The minimum absolute atomic E-state index is 0.267. The highest BCUT2D eigenvalue weighted by molar-refractivity contribution is 5.91. The number of hydrogen-bond donors (Lipinski definition) is 0. The van der Waals surface area contributed by atoms with Crippen LogP contribution >= 0.6 is 0 Å². The number of nitrogens with zero attached hydrogens (tertiary/aromatic N) is 1. The van der Waals surface area contributed by atoms with E-state index in [0.717, 1.165) is 25.7 Å². The third-order valence-electron chi connectivity index (χ3n) is 3.73. The summed E-state index contributed by atoms with van der Waals surface area (Å²) in [4.78, 5) is 27.1. The van der Waals surface area contributed by atoms with Crippen LogP contribution in [-0.4, -0.2) is 11.9 Å². The van der Waals surface area contributed by atoms with Gasteiger partial charge < -0.3 is 9.47 Å². The molecule has 0 saturated heterocycles. The summed E-state index contributed by atoms with van der Waals surface area (Å²) in [5.74, 6) is -0.0113. The summed E-state index contributed by atoms with van der Waals surface area (Å²) in [7, 11) is 0. The van der Waals surface area contributed by atoms with Crippen molar-refractivity contribution in [2.75, 3.05) is 0 Å². The van der Waals surface area contributed by atoms with E-state index in [-0.39, 0.29) is 5.97 Å². The SMILES string of the molecule is [C-]#[N+]c1ccc(OC(=O)c2ccc(OC(=O)CCCCCC)cc2)cc1. The summed E-state index contributed by atoms with van der Waals surface area (Å²) in [5.41, 5.74) is 0.827. The molecule has 0 bridgehead atoms. The van der Waals surface area contributed by atoms with Gasteiger partial charge in [-0.15, -0.1) is 0 Å². The second-order valence-electron chi connectivity index (χ2n) is 5.80. The maximum atomic E-state index is 12.1. The number of benzene rings is 2. The molecule has 2 aromatic carbocycles. The van der Waals surface area contributed by atoms with Crippen LogP contribution in [0, 0.1) is 6.57 Å². The second-order valence-corrected chi connectivity index (χ2v) is 5.80. The van der Waals surface area contributed by atoms with Crippen molar-refractivity contribution in [1.29, 1.82) is 0 Å². The van der Waals surface area contributed by atoms with Crippen LogP contribution in [0.1, 0.15) is 49.4 Å². The lowest BCUT2D eigenvalue weighted by molar-refractivity contribution is -0.134. The molecular weight excluding hydrogens is 330 g/mol. The fourth-order valence-electron chi connectivity index (χ4n) is 2.29. The van der Waals surface area contributed by atoms with Crippen molar-refractivity contribution >= 4 is 17.6 Å². The zero-order chi connectivity index (χ0) is 18.8. The number of hydrogen-bond acceptors (Lipinski definition) is 4. The standard InChI is InChI=1S/C21H21NO4/c1-3-4-5-6-7-20(23)25-18-12-8-16(9-13-18)21(24)26-19-14-10-17(22-2)11-15-19/h8-15H,3-7H2,1H3. The fourth-order valence-corrected chi connectivity index (χ4v) is 2.29. The van der Waals surface area contributed by atoms with E-state index in [4.69, 9.17) is 16.0 Å². The summed E-state index contributed by atoms with van der Waals surface area (Å²) < 4.78 is 10.5. The van der Waals surface area contributed by atoms with Crippen LogP contribution in [0.25, 0.3) is 4.85 Å². The van der Waals surface area contributed by atoms with Crippen molar-refractivity contribution in [3.8, 4) is 11.5 Å². The zero-order valence-corrected chi connectivity index (χ0v) is 14.7. The molecule has 0 saturated carbocycles. The highest BCUT2D eigenvalue weighted by Gasteiger charge is 2.10. The van der Waals surface area contributed by atoms with Gasteiger partial charge in [0.05, 0.1) is 12.1 Å². The molecule has 0 spiro atoms. The fraction of sp³-hybridized carbons (Fsp3) is 0.286. The highest BCUT2D eigenvalue weighted by Crippen LogP contribution is 2.20. The first-order valence-electron chi connectivity index (χ1n) is 8.63. The van der Waals surface area contributed by atoms with Gasteiger partial charge in [0.1, 0.15) is 11.5 Å². The van der Waals surface area contributed by atoms with Gasteiger partial charge in [-0.25, -0.2) is 9.64 Å². The summed E-state index contributed by atoms with van der Waals surface area (Å²) in [6.45, 7) is 9.01. The van der Waals surface area contributed by atoms with E-state index in [1.54, 1.807) is 48.5 Å². The number of carbonyl (C=O) groups is 2. The molecule has 26 heavy (non-hydrogen) atoms. The summed E-state index contributed by atoms with van der Waals surface area (Å²) in [5, 5.41) is 0. The highest BCUT2D eigenvalue weighted by atomic mass is 16.5. The molecule has 2 rings (SSSR count). The Morgan fingerprint density at radius 1 is 0.885 bits per heavy atom. The molecule has 0 radical (unpaired) electrons. The van der Waals surface area contributed by atoms with E-state index in [0.29, 0.717) is 29.2 Å². The lowest BCUT2D eigenvalue weighted by Crippen LogP contribution is -2.10. The molecule has 0 aliphatic carbocycles. The predicted octanol–water partition coefficient (Wildman–Crippen LogP) is 5.33. The maximum Gasteiger partial charge on any atom is 0.343 e. The first-order chi connectivity index (χ1) is 12.6. The molecule has 0 unspecified atom stereocenters. The third kappa shape index (κ3) is 6.06. The van der Waals surface area contributed by atoms with Gasteiger partial charge in [0, 0.05) is 6.42 Å². The molecule has 0 aliphatic rings. The van der Waals surface area contributed by atoms with Crippen LogP contribution < -0.4 is 9.47 Å². The minimum atomic E-state index is -0.516. The number of carbonyl (C=O) groups excluding carboxylic acids is 2. The predicted molar refractivity (Wildman–Crippen MR) is 98.5 cm³/mol. The van der Waals surface area contributed by atoms with E-state index < -0.39 is 5.97 Å². The zero-order valence-electron chi connectivity index (χ0n) is 14.7. The number of esters is 2. The number of ether oxygens (including phenoxy) is 2. The Balaban J connectivity index is 1.86. The van der Waals surface area contributed by atoms with Crippen LogP contribution in [0.15, 0.2) is 48.5 Å².